The van der Waals surface area contributed by atoms with E-state index < -0.39 is 23.7 Å². The maximum Gasteiger partial charge on any atom is 0.415 e. The van der Waals surface area contributed by atoms with Crippen molar-refractivity contribution in [3.63, 3.8) is 0 Å². The van der Waals surface area contributed by atoms with Crippen molar-refractivity contribution in [2.24, 2.45) is 5.73 Å². The van der Waals surface area contributed by atoms with Gasteiger partial charge in [-0.2, -0.15) is 13.2 Å². The highest BCUT2D eigenvalue weighted by atomic mass is 19.4. The van der Waals surface area contributed by atoms with Gasteiger partial charge in [0.1, 0.15) is 0 Å². The minimum atomic E-state index is -4.78. The Labute approximate surface area is 86.2 Å². The summed E-state index contributed by atoms with van der Waals surface area (Å²) in [5.74, 6) is 0.946. The van der Waals surface area contributed by atoms with Gasteiger partial charge in [0.2, 0.25) is 5.91 Å². The summed E-state index contributed by atoms with van der Waals surface area (Å²) in [6.07, 6.45) is 0.313. The highest BCUT2D eigenvalue weighted by Gasteiger charge is 2.54. The molecule has 3 N–H and O–H groups in total. The normalized spacial score (nSPS) is 17.4. The van der Waals surface area contributed by atoms with Crippen LogP contribution in [0.2, 0.25) is 0 Å². The van der Waals surface area contributed by atoms with Crippen LogP contribution in [0.25, 0.3) is 0 Å². The summed E-state index contributed by atoms with van der Waals surface area (Å²) in [6.45, 7) is 2.12. The van der Waals surface area contributed by atoms with Gasteiger partial charge in [-0.25, -0.2) is 0 Å². The van der Waals surface area contributed by atoms with E-state index in [1.54, 1.807) is 0 Å². The quantitative estimate of drug-likeness (QED) is 0.694. The second-order valence-electron chi connectivity index (χ2n) is 3.48. The first kappa shape index (κ1) is 13.8. The van der Waals surface area contributed by atoms with E-state index in [2.05, 4.69) is 11.2 Å². The third-order valence-corrected chi connectivity index (χ3v) is 1.86. The lowest BCUT2D eigenvalue weighted by Crippen LogP contribution is -2.62. The molecule has 0 rings (SSSR count). The molecule has 0 aromatic heterocycles. The summed E-state index contributed by atoms with van der Waals surface area (Å²) >= 11 is 0. The molecular formula is C9H13F3N2O. The molecule has 0 fully saturated rings. The highest BCUT2D eigenvalue weighted by Crippen LogP contribution is 2.28. The molecule has 0 saturated heterocycles. The molecule has 0 aromatic rings. The van der Waals surface area contributed by atoms with E-state index in [9.17, 15) is 18.0 Å². The molecule has 0 aliphatic rings. The minimum absolute atomic E-state index is 0.152. The zero-order valence-electron chi connectivity index (χ0n) is 8.48. The third-order valence-electron chi connectivity index (χ3n) is 1.86. The second kappa shape index (κ2) is 4.53. The van der Waals surface area contributed by atoms with Gasteiger partial charge in [-0.1, -0.05) is 0 Å². The summed E-state index contributed by atoms with van der Waals surface area (Å²) < 4.78 is 36.9. The number of hydrogen-bond acceptors (Lipinski definition) is 2. The number of halogens is 3. The zero-order chi connectivity index (χ0) is 12.3. The van der Waals surface area contributed by atoms with E-state index in [-0.39, 0.29) is 6.42 Å². The second-order valence-corrected chi connectivity index (χ2v) is 3.48. The first-order valence-corrected chi connectivity index (χ1v) is 4.23. The first-order valence-electron chi connectivity index (χ1n) is 4.23. The zero-order valence-corrected chi connectivity index (χ0v) is 8.48. The van der Waals surface area contributed by atoms with E-state index in [1.807, 2.05) is 0 Å². The van der Waals surface area contributed by atoms with E-state index >= 15 is 0 Å². The van der Waals surface area contributed by atoms with E-state index in [0.717, 1.165) is 0 Å². The van der Waals surface area contributed by atoms with Crippen LogP contribution in [0.3, 0.4) is 0 Å². The molecule has 0 saturated carbocycles. The van der Waals surface area contributed by atoms with Crippen LogP contribution < -0.4 is 11.1 Å². The fraction of sp³-hybridized carbons (Fsp3) is 0.667. The molecule has 2 atom stereocenters. The summed E-state index contributed by atoms with van der Waals surface area (Å²) in [5.41, 5.74) is 2.00. The number of hydrogen-bond donors (Lipinski definition) is 2. The summed E-state index contributed by atoms with van der Waals surface area (Å²) in [5, 5.41) is 2.10. The van der Waals surface area contributed by atoms with Gasteiger partial charge in [0, 0.05) is 12.5 Å². The molecule has 15 heavy (non-hydrogen) atoms. The average molecular weight is 222 g/mol. The maximum atomic E-state index is 12.3. The van der Waals surface area contributed by atoms with Crippen LogP contribution in [-0.2, 0) is 4.79 Å². The minimum Gasteiger partial charge on any atom is -0.351 e. The number of alkyl halides is 3. The Morgan fingerprint density at radius 3 is 2.40 bits per heavy atom. The summed E-state index contributed by atoms with van der Waals surface area (Å²) in [4.78, 5) is 11.2. The number of rotatable bonds is 3. The number of amides is 1. The molecule has 3 nitrogen and oxygen atoms in total. The fourth-order valence-electron chi connectivity index (χ4n) is 0.730. The lowest BCUT2D eigenvalue weighted by Gasteiger charge is -2.27. The van der Waals surface area contributed by atoms with Gasteiger partial charge in [0.15, 0.2) is 5.54 Å². The Morgan fingerprint density at radius 1 is 1.60 bits per heavy atom. The van der Waals surface area contributed by atoms with Crippen LogP contribution in [0, 0.1) is 12.3 Å². The molecule has 0 heterocycles. The Hall–Kier alpha value is -1.22. The van der Waals surface area contributed by atoms with Gasteiger partial charge in [0.05, 0.1) is 0 Å². The molecule has 0 aliphatic carbocycles. The molecule has 0 spiro atoms. The standard InChI is InChI=1S/C9H13F3N2O/c1-4-5-6(2)14-7(15)8(3,13)9(10,11)12/h1,6H,5,13H2,2-3H3,(H,14,15). The number of nitrogens with two attached hydrogens (primary N) is 1. The Balaban J connectivity index is 4.53. The molecule has 0 aromatic carbocycles. The number of carbonyl (C=O) groups is 1. The van der Waals surface area contributed by atoms with Crippen LogP contribution in [0.5, 0.6) is 0 Å². The smallest absolute Gasteiger partial charge is 0.351 e. The number of carbonyl (C=O) groups excluding carboxylic acids is 1. The molecule has 0 bridgehead atoms. The predicted octanol–water partition coefficient (Wildman–Crippen LogP) is 0.794. The third kappa shape index (κ3) is 3.44. The van der Waals surface area contributed by atoms with E-state index in [1.165, 1.54) is 6.92 Å². The molecule has 6 heteroatoms. The predicted molar refractivity (Wildman–Crippen MR) is 49.7 cm³/mol. The molecule has 86 valence electrons. The fourth-order valence-corrected chi connectivity index (χ4v) is 0.730. The van der Waals surface area contributed by atoms with Crippen molar-refractivity contribution >= 4 is 5.91 Å². The first-order chi connectivity index (χ1) is 6.63. The molecule has 1 amide bonds. The van der Waals surface area contributed by atoms with Crippen LogP contribution in [0.15, 0.2) is 0 Å². The van der Waals surface area contributed by atoms with E-state index in [0.29, 0.717) is 6.92 Å². The van der Waals surface area contributed by atoms with Crippen molar-refractivity contribution in [2.75, 3.05) is 0 Å². The van der Waals surface area contributed by atoms with Gasteiger partial charge in [0.25, 0.3) is 0 Å². The number of terminal acetylenes is 1. The van der Waals surface area contributed by atoms with Gasteiger partial charge in [-0.15, -0.1) is 12.3 Å². The SMILES string of the molecule is C#CCC(C)NC(=O)C(C)(N)C(F)(F)F. The lowest BCUT2D eigenvalue weighted by atomic mass is 10.0. The van der Waals surface area contributed by atoms with Crippen LogP contribution in [-0.4, -0.2) is 23.7 Å². The molecular weight excluding hydrogens is 209 g/mol. The Bertz CT molecular complexity index is 278. The van der Waals surface area contributed by atoms with Crippen molar-refractivity contribution in [3.8, 4) is 12.3 Å². The monoisotopic (exact) mass is 222 g/mol. The Kier molecular flexibility index (Phi) is 4.16. The maximum absolute atomic E-state index is 12.3. The highest BCUT2D eigenvalue weighted by molar-refractivity contribution is 5.86. The number of nitrogens with one attached hydrogen (secondary N) is 1. The van der Waals surface area contributed by atoms with Crippen molar-refractivity contribution in [1.29, 1.82) is 0 Å². The molecule has 0 radical (unpaired) electrons. The van der Waals surface area contributed by atoms with Crippen molar-refractivity contribution in [2.45, 2.75) is 38.0 Å². The van der Waals surface area contributed by atoms with Crippen molar-refractivity contribution in [1.82, 2.24) is 5.32 Å². The summed E-state index contributed by atoms with van der Waals surface area (Å²) in [7, 11) is 0. The van der Waals surface area contributed by atoms with Gasteiger partial charge < -0.3 is 11.1 Å². The van der Waals surface area contributed by atoms with Crippen LogP contribution in [0.4, 0.5) is 13.2 Å². The average Bonchev–Trinajstić information content (AvgIpc) is 2.02. The van der Waals surface area contributed by atoms with Crippen LogP contribution >= 0.6 is 0 Å². The summed E-state index contributed by atoms with van der Waals surface area (Å²) in [6, 6.07) is -0.535. The largest absolute Gasteiger partial charge is 0.415 e. The topological polar surface area (TPSA) is 55.1 Å². The van der Waals surface area contributed by atoms with Gasteiger partial charge in [-0.05, 0) is 13.8 Å². The lowest BCUT2D eigenvalue weighted by molar-refractivity contribution is -0.187. The van der Waals surface area contributed by atoms with Gasteiger partial charge >= 0.3 is 6.18 Å². The Morgan fingerprint density at radius 2 is 2.07 bits per heavy atom. The van der Waals surface area contributed by atoms with Crippen molar-refractivity contribution in [3.05, 3.63) is 0 Å². The molecule has 2 unspecified atom stereocenters. The van der Waals surface area contributed by atoms with Crippen LogP contribution in [0.1, 0.15) is 20.3 Å². The van der Waals surface area contributed by atoms with Gasteiger partial charge in [-0.3, -0.25) is 4.79 Å². The molecule has 0 aliphatic heterocycles. The van der Waals surface area contributed by atoms with E-state index in [4.69, 9.17) is 12.2 Å². The van der Waals surface area contributed by atoms with Crippen molar-refractivity contribution < 1.29 is 18.0 Å².